The molecule has 2 N–H and O–H groups in total. The maximum absolute atomic E-state index is 13.9. The summed E-state index contributed by atoms with van der Waals surface area (Å²) in [6.45, 7) is 6.26. The van der Waals surface area contributed by atoms with Crippen LogP contribution in [0.5, 0.6) is 0 Å². The van der Waals surface area contributed by atoms with Crippen LogP contribution in [0.4, 0.5) is 8.78 Å². The van der Waals surface area contributed by atoms with Gasteiger partial charge in [0.2, 0.25) is 0 Å². The standard InChI is InChI=1S/C17H26F2N2/c1-3-21(11-14-4-5-15(18)10-16(14)19)17(12-20)8-6-13(2)7-9-17/h4-5,10,13H,3,6-9,11-12,20H2,1-2H3. The maximum atomic E-state index is 13.9. The van der Waals surface area contributed by atoms with Crippen molar-refractivity contribution >= 4 is 0 Å². The number of hydrogen-bond donors (Lipinski definition) is 1. The summed E-state index contributed by atoms with van der Waals surface area (Å²) in [4.78, 5) is 2.27. The summed E-state index contributed by atoms with van der Waals surface area (Å²) >= 11 is 0. The zero-order chi connectivity index (χ0) is 15.5. The molecule has 2 rings (SSSR count). The molecule has 0 aliphatic heterocycles. The van der Waals surface area contributed by atoms with Crippen molar-refractivity contribution in [2.45, 2.75) is 51.6 Å². The van der Waals surface area contributed by atoms with Crippen LogP contribution in [0.2, 0.25) is 0 Å². The van der Waals surface area contributed by atoms with Crippen molar-refractivity contribution in [3.05, 3.63) is 35.4 Å². The Hall–Kier alpha value is -1.00. The molecule has 1 aliphatic carbocycles. The van der Waals surface area contributed by atoms with E-state index in [1.807, 2.05) is 0 Å². The van der Waals surface area contributed by atoms with E-state index in [-0.39, 0.29) is 5.54 Å². The molecule has 0 bridgehead atoms. The predicted octanol–water partition coefficient (Wildman–Crippen LogP) is 3.69. The van der Waals surface area contributed by atoms with Crippen LogP contribution in [-0.4, -0.2) is 23.5 Å². The molecule has 0 unspecified atom stereocenters. The number of rotatable bonds is 5. The summed E-state index contributed by atoms with van der Waals surface area (Å²) in [6.07, 6.45) is 4.45. The first-order valence-electron chi connectivity index (χ1n) is 7.90. The van der Waals surface area contributed by atoms with Crippen LogP contribution in [0, 0.1) is 17.6 Å². The van der Waals surface area contributed by atoms with Crippen LogP contribution >= 0.6 is 0 Å². The van der Waals surface area contributed by atoms with Crippen LogP contribution in [0.1, 0.15) is 45.1 Å². The second-order valence-electron chi connectivity index (χ2n) is 6.36. The van der Waals surface area contributed by atoms with E-state index in [2.05, 4.69) is 18.7 Å². The Balaban J connectivity index is 2.17. The molecule has 1 aromatic carbocycles. The van der Waals surface area contributed by atoms with Gasteiger partial charge in [-0.15, -0.1) is 0 Å². The number of nitrogens with two attached hydrogens (primary N) is 1. The third-order valence-electron chi connectivity index (χ3n) is 5.01. The number of nitrogens with zero attached hydrogens (tertiary/aromatic N) is 1. The highest BCUT2D eigenvalue weighted by Gasteiger charge is 2.37. The number of benzene rings is 1. The van der Waals surface area contributed by atoms with Crippen molar-refractivity contribution < 1.29 is 8.78 Å². The van der Waals surface area contributed by atoms with Crippen LogP contribution in [-0.2, 0) is 6.54 Å². The first-order valence-corrected chi connectivity index (χ1v) is 7.90. The van der Waals surface area contributed by atoms with E-state index in [1.54, 1.807) is 6.07 Å². The van der Waals surface area contributed by atoms with Crippen LogP contribution in [0.25, 0.3) is 0 Å². The molecule has 0 aromatic heterocycles. The Bertz CT molecular complexity index is 468. The zero-order valence-electron chi connectivity index (χ0n) is 13.0. The first kappa shape index (κ1) is 16.4. The Kier molecular flexibility index (Phi) is 5.33. The normalized spacial score (nSPS) is 26.3. The summed E-state index contributed by atoms with van der Waals surface area (Å²) in [5.41, 5.74) is 6.59. The van der Waals surface area contributed by atoms with Crippen LogP contribution in [0.3, 0.4) is 0 Å². The van der Waals surface area contributed by atoms with E-state index in [1.165, 1.54) is 18.9 Å². The second-order valence-corrected chi connectivity index (χ2v) is 6.36. The molecule has 1 aromatic rings. The lowest BCUT2D eigenvalue weighted by atomic mass is 9.76. The molecule has 0 atom stereocenters. The molecule has 4 heteroatoms. The van der Waals surface area contributed by atoms with Gasteiger partial charge in [0.15, 0.2) is 0 Å². The summed E-state index contributed by atoms with van der Waals surface area (Å²) in [5, 5.41) is 0. The van der Waals surface area contributed by atoms with Gasteiger partial charge in [0.1, 0.15) is 11.6 Å². The van der Waals surface area contributed by atoms with Gasteiger partial charge in [-0.05, 0) is 44.2 Å². The minimum absolute atomic E-state index is 0.0396. The summed E-state index contributed by atoms with van der Waals surface area (Å²) in [6, 6.07) is 3.83. The highest BCUT2D eigenvalue weighted by Crippen LogP contribution is 2.36. The molecule has 2 nitrogen and oxygen atoms in total. The average Bonchev–Trinajstić information content (AvgIpc) is 2.48. The van der Waals surface area contributed by atoms with Gasteiger partial charge in [-0.1, -0.05) is 19.9 Å². The maximum Gasteiger partial charge on any atom is 0.130 e. The van der Waals surface area contributed by atoms with Crippen molar-refractivity contribution in [2.75, 3.05) is 13.1 Å². The minimum Gasteiger partial charge on any atom is -0.329 e. The molecule has 1 aliphatic rings. The Labute approximate surface area is 126 Å². The highest BCUT2D eigenvalue weighted by molar-refractivity contribution is 5.19. The zero-order valence-corrected chi connectivity index (χ0v) is 13.0. The Morgan fingerprint density at radius 1 is 1.29 bits per heavy atom. The molecular formula is C17H26F2N2. The molecule has 21 heavy (non-hydrogen) atoms. The average molecular weight is 296 g/mol. The van der Waals surface area contributed by atoms with Gasteiger partial charge in [-0.3, -0.25) is 4.90 Å². The fourth-order valence-corrected chi connectivity index (χ4v) is 3.42. The van der Waals surface area contributed by atoms with Gasteiger partial charge in [0.25, 0.3) is 0 Å². The monoisotopic (exact) mass is 296 g/mol. The van der Waals surface area contributed by atoms with E-state index in [9.17, 15) is 8.78 Å². The number of hydrogen-bond acceptors (Lipinski definition) is 2. The van der Waals surface area contributed by atoms with Crippen molar-refractivity contribution in [1.82, 2.24) is 4.90 Å². The fraction of sp³-hybridized carbons (Fsp3) is 0.647. The summed E-state index contributed by atoms with van der Waals surface area (Å²) in [7, 11) is 0. The molecule has 0 heterocycles. The molecule has 0 saturated heterocycles. The molecular weight excluding hydrogens is 270 g/mol. The van der Waals surface area contributed by atoms with Crippen LogP contribution in [0.15, 0.2) is 18.2 Å². The second kappa shape index (κ2) is 6.84. The molecule has 1 fully saturated rings. The molecule has 0 spiro atoms. The Morgan fingerprint density at radius 3 is 2.48 bits per heavy atom. The van der Waals surface area contributed by atoms with Gasteiger partial charge in [0.05, 0.1) is 0 Å². The SMILES string of the molecule is CCN(Cc1ccc(F)cc1F)C1(CN)CCC(C)CC1. The van der Waals surface area contributed by atoms with E-state index in [0.717, 1.165) is 31.4 Å². The van der Waals surface area contributed by atoms with Gasteiger partial charge >= 0.3 is 0 Å². The van der Waals surface area contributed by atoms with Crippen molar-refractivity contribution in [3.63, 3.8) is 0 Å². The Morgan fingerprint density at radius 2 is 1.95 bits per heavy atom. The van der Waals surface area contributed by atoms with Gasteiger partial charge in [0, 0.05) is 30.3 Å². The highest BCUT2D eigenvalue weighted by atomic mass is 19.1. The molecule has 1 saturated carbocycles. The van der Waals surface area contributed by atoms with Crippen molar-refractivity contribution in [3.8, 4) is 0 Å². The van der Waals surface area contributed by atoms with Crippen molar-refractivity contribution in [2.24, 2.45) is 11.7 Å². The lowest BCUT2D eigenvalue weighted by molar-refractivity contribution is 0.0415. The van der Waals surface area contributed by atoms with Gasteiger partial charge in [-0.2, -0.15) is 0 Å². The van der Waals surface area contributed by atoms with E-state index < -0.39 is 11.6 Å². The van der Waals surface area contributed by atoms with E-state index >= 15 is 0 Å². The first-order chi connectivity index (χ1) is 10.0. The lowest BCUT2D eigenvalue weighted by Crippen LogP contribution is -2.55. The third kappa shape index (κ3) is 3.61. The molecule has 0 amide bonds. The quantitative estimate of drug-likeness (QED) is 0.898. The molecule has 118 valence electrons. The predicted molar refractivity (Wildman–Crippen MR) is 81.9 cm³/mol. The topological polar surface area (TPSA) is 29.3 Å². The van der Waals surface area contributed by atoms with Gasteiger partial charge < -0.3 is 5.73 Å². The number of likely N-dealkylation sites (N-methyl/N-ethyl adjacent to an activating group) is 1. The van der Waals surface area contributed by atoms with E-state index in [0.29, 0.717) is 18.7 Å². The smallest absolute Gasteiger partial charge is 0.130 e. The largest absolute Gasteiger partial charge is 0.329 e. The number of halogens is 2. The van der Waals surface area contributed by atoms with Gasteiger partial charge in [-0.25, -0.2) is 8.78 Å². The molecule has 0 radical (unpaired) electrons. The summed E-state index contributed by atoms with van der Waals surface area (Å²) < 4.78 is 26.9. The fourth-order valence-electron chi connectivity index (χ4n) is 3.42. The summed E-state index contributed by atoms with van der Waals surface area (Å²) in [5.74, 6) is -0.255. The third-order valence-corrected chi connectivity index (χ3v) is 5.01. The minimum atomic E-state index is -0.528. The van der Waals surface area contributed by atoms with Crippen LogP contribution < -0.4 is 5.73 Å². The lowest BCUT2D eigenvalue weighted by Gasteiger charge is -2.47. The van der Waals surface area contributed by atoms with E-state index in [4.69, 9.17) is 5.73 Å². The van der Waals surface area contributed by atoms with Crippen molar-refractivity contribution in [1.29, 1.82) is 0 Å².